The van der Waals surface area contributed by atoms with Crippen LogP contribution in [0.4, 0.5) is 0 Å². The predicted molar refractivity (Wildman–Crippen MR) is 63.2 cm³/mol. The second kappa shape index (κ2) is 3.55. The lowest BCUT2D eigenvalue weighted by Crippen LogP contribution is -2.33. The van der Waals surface area contributed by atoms with Crippen molar-refractivity contribution in [2.45, 2.75) is 25.8 Å². The van der Waals surface area contributed by atoms with Crippen molar-refractivity contribution < 1.29 is 9.59 Å². The molecule has 3 nitrogen and oxygen atoms in total. The molecule has 17 heavy (non-hydrogen) atoms. The average Bonchev–Trinajstić information content (AvgIpc) is 2.83. The molecule has 2 aliphatic rings. The summed E-state index contributed by atoms with van der Waals surface area (Å²) in [6.45, 7) is 2.06. The Hall–Kier alpha value is -1.90. The summed E-state index contributed by atoms with van der Waals surface area (Å²) in [6.07, 6.45) is 4.50. The molecule has 1 heterocycles. The van der Waals surface area contributed by atoms with Crippen LogP contribution in [0.5, 0.6) is 0 Å². The smallest absolute Gasteiger partial charge is 0.254 e. The van der Waals surface area contributed by atoms with Crippen LogP contribution in [-0.2, 0) is 16.0 Å². The highest BCUT2D eigenvalue weighted by Gasteiger charge is 2.35. The number of amides is 2. The summed E-state index contributed by atoms with van der Waals surface area (Å²) >= 11 is 0. The van der Waals surface area contributed by atoms with Crippen LogP contribution in [0.3, 0.4) is 0 Å². The summed E-state index contributed by atoms with van der Waals surface area (Å²) in [5, 5.41) is 0. The number of hydrogen-bond acceptors (Lipinski definition) is 2. The number of aryl methyl sites for hydroxylation is 2. The lowest BCUT2D eigenvalue weighted by molar-refractivity contribution is -0.139. The van der Waals surface area contributed by atoms with Gasteiger partial charge in [0, 0.05) is 12.2 Å². The Balaban J connectivity index is 1.99. The second-order valence-electron chi connectivity index (χ2n) is 4.64. The van der Waals surface area contributed by atoms with Gasteiger partial charge in [0.05, 0.1) is 6.04 Å². The molecule has 1 aromatic carbocycles. The Morgan fingerprint density at radius 3 is 2.59 bits per heavy atom. The summed E-state index contributed by atoms with van der Waals surface area (Å²) in [5.41, 5.74) is 3.62. The van der Waals surface area contributed by atoms with E-state index in [1.165, 1.54) is 28.2 Å². The number of carbonyl (C=O) groups excluding carboxylic acids is 2. The van der Waals surface area contributed by atoms with Gasteiger partial charge >= 0.3 is 0 Å². The molecule has 1 aliphatic carbocycles. The Kier molecular flexibility index (Phi) is 2.15. The number of carbonyl (C=O) groups is 2. The van der Waals surface area contributed by atoms with E-state index in [9.17, 15) is 9.59 Å². The van der Waals surface area contributed by atoms with E-state index >= 15 is 0 Å². The third kappa shape index (κ3) is 1.50. The first-order valence-corrected chi connectivity index (χ1v) is 5.81. The van der Waals surface area contributed by atoms with Gasteiger partial charge in [-0.1, -0.05) is 23.8 Å². The first kappa shape index (κ1) is 10.3. The molecule has 3 heteroatoms. The van der Waals surface area contributed by atoms with E-state index in [2.05, 4.69) is 13.0 Å². The molecule has 0 radical (unpaired) electrons. The molecular weight excluding hydrogens is 214 g/mol. The Morgan fingerprint density at radius 2 is 1.88 bits per heavy atom. The molecule has 0 unspecified atom stereocenters. The van der Waals surface area contributed by atoms with Gasteiger partial charge in [-0.25, -0.2) is 0 Å². The monoisotopic (exact) mass is 227 g/mol. The normalized spacial score (nSPS) is 22.4. The van der Waals surface area contributed by atoms with Gasteiger partial charge in [-0.3, -0.25) is 14.5 Å². The molecule has 2 amide bonds. The van der Waals surface area contributed by atoms with Crippen LogP contribution < -0.4 is 0 Å². The fourth-order valence-corrected chi connectivity index (χ4v) is 2.71. The quantitative estimate of drug-likeness (QED) is 0.687. The standard InChI is InChI=1S/C14H13NO2/c1-9-2-4-11-10(8-9)3-5-12(11)15-13(16)6-7-14(15)17/h2,4,6-8,12H,3,5H2,1H3/t12-/m0/s1. The van der Waals surface area contributed by atoms with Crippen LogP contribution in [0.1, 0.15) is 29.2 Å². The van der Waals surface area contributed by atoms with E-state index in [-0.39, 0.29) is 17.9 Å². The van der Waals surface area contributed by atoms with Crippen LogP contribution in [0.2, 0.25) is 0 Å². The Labute approximate surface area is 99.7 Å². The van der Waals surface area contributed by atoms with E-state index in [0.717, 1.165) is 18.4 Å². The Bertz CT molecular complexity index is 527. The van der Waals surface area contributed by atoms with Gasteiger partial charge in [0.2, 0.25) is 0 Å². The highest BCUT2D eigenvalue weighted by molar-refractivity contribution is 6.13. The van der Waals surface area contributed by atoms with Crippen molar-refractivity contribution in [3.8, 4) is 0 Å². The zero-order valence-corrected chi connectivity index (χ0v) is 9.64. The molecule has 1 aromatic rings. The molecule has 0 saturated carbocycles. The van der Waals surface area contributed by atoms with Crippen LogP contribution >= 0.6 is 0 Å². The number of hydrogen-bond donors (Lipinski definition) is 0. The number of imide groups is 1. The van der Waals surface area contributed by atoms with E-state index in [1.807, 2.05) is 12.1 Å². The minimum absolute atomic E-state index is 0.0689. The van der Waals surface area contributed by atoms with E-state index < -0.39 is 0 Å². The van der Waals surface area contributed by atoms with Gasteiger partial charge in [-0.05, 0) is 30.9 Å². The fourth-order valence-electron chi connectivity index (χ4n) is 2.71. The molecule has 86 valence electrons. The number of rotatable bonds is 1. The van der Waals surface area contributed by atoms with Crippen molar-refractivity contribution >= 4 is 11.8 Å². The molecule has 3 rings (SSSR count). The zero-order chi connectivity index (χ0) is 12.0. The summed E-state index contributed by atoms with van der Waals surface area (Å²) in [7, 11) is 0. The van der Waals surface area contributed by atoms with Gasteiger partial charge in [-0.15, -0.1) is 0 Å². The lowest BCUT2D eigenvalue weighted by atomic mass is 10.0. The van der Waals surface area contributed by atoms with Crippen LogP contribution in [0, 0.1) is 6.92 Å². The minimum atomic E-state index is -0.187. The molecule has 0 saturated heterocycles. The van der Waals surface area contributed by atoms with Crippen molar-refractivity contribution in [3.05, 3.63) is 47.0 Å². The molecule has 0 fully saturated rings. The fraction of sp³-hybridized carbons (Fsp3) is 0.286. The molecule has 1 atom stereocenters. The van der Waals surface area contributed by atoms with Crippen LogP contribution in [0.15, 0.2) is 30.4 Å². The highest BCUT2D eigenvalue weighted by atomic mass is 16.2. The van der Waals surface area contributed by atoms with Crippen molar-refractivity contribution in [2.75, 3.05) is 0 Å². The van der Waals surface area contributed by atoms with Crippen molar-refractivity contribution in [1.82, 2.24) is 4.90 Å². The number of nitrogens with zero attached hydrogens (tertiary/aromatic N) is 1. The SMILES string of the molecule is Cc1ccc2c(c1)CC[C@@H]2N1C(=O)C=CC1=O. The maximum absolute atomic E-state index is 11.7. The van der Waals surface area contributed by atoms with Gasteiger partial charge in [0.15, 0.2) is 0 Å². The second-order valence-corrected chi connectivity index (χ2v) is 4.64. The predicted octanol–water partition coefficient (Wildman–Crippen LogP) is 1.91. The van der Waals surface area contributed by atoms with Gasteiger partial charge in [-0.2, -0.15) is 0 Å². The summed E-state index contributed by atoms with van der Waals surface area (Å²) in [5.74, 6) is -0.373. The van der Waals surface area contributed by atoms with E-state index in [0.29, 0.717) is 0 Å². The third-order valence-electron chi connectivity index (χ3n) is 3.50. The molecule has 1 aliphatic heterocycles. The first-order chi connectivity index (χ1) is 8.16. The molecule has 0 spiro atoms. The summed E-state index contributed by atoms with van der Waals surface area (Å²) < 4.78 is 0. The number of fused-ring (bicyclic) bond motifs is 1. The lowest BCUT2D eigenvalue weighted by Gasteiger charge is -2.22. The number of benzene rings is 1. The minimum Gasteiger partial charge on any atom is -0.269 e. The summed E-state index contributed by atoms with van der Waals surface area (Å²) in [4.78, 5) is 24.7. The van der Waals surface area contributed by atoms with Crippen molar-refractivity contribution in [2.24, 2.45) is 0 Å². The van der Waals surface area contributed by atoms with Crippen molar-refractivity contribution in [1.29, 1.82) is 0 Å². The van der Waals surface area contributed by atoms with Gasteiger partial charge < -0.3 is 0 Å². The maximum Gasteiger partial charge on any atom is 0.254 e. The largest absolute Gasteiger partial charge is 0.269 e. The topological polar surface area (TPSA) is 37.4 Å². The molecule has 0 aromatic heterocycles. The average molecular weight is 227 g/mol. The maximum atomic E-state index is 11.7. The zero-order valence-electron chi connectivity index (χ0n) is 9.64. The summed E-state index contributed by atoms with van der Waals surface area (Å²) in [6, 6.07) is 6.16. The Morgan fingerprint density at radius 1 is 1.18 bits per heavy atom. The van der Waals surface area contributed by atoms with E-state index in [1.54, 1.807) is 0 Å². The first-order valence-electron chi connectivity index (χ1n) is 5.81. The molecule has 0 bridgehead atoms. The highest BCUT2D eigenvalue weighted by Crippen LogP contribution is 2.37. The van der Waals surface area contributed by atoms with Crippen LogP contribution in [0.25, 0.3) is 0 Å². The van der Waals surface area contributed by atoms with Gasteiger partial charge in [0.25, 0.3) is 11.8 Å². The van der Waals surface area contributed by atoms with E-state index in [4.69, 9.17) is 0 Å². The molecular formula is C14H13NO2. The van der Waals surface area contributed by atoms with Gasteiger partial charge in [0.1, 0.15) is 0 Å². The third-order valence-corrected chi connectivity index (χ3v) is 3.50. The van der Waals surface area contributed by atoms with Crippen LogP contribution in [-0.4, -0.2) is 16.7 Å². The van der Waals surface area contributed by atoms with Crippen molar-refractivity contribution in [3.63, 3.8) is 0 Å². The molecule has 0 N–H and O–H groups in total.